The van der Waals surface area contributed by atoms with Crippen molar-refractivity contribution in [3.63, 3.8) is 0 Å². The van der Waals surface area contributed by atoms with Gasteiger partial charge >= 0.3 is 0 Å². The molecule has 1 heterocycles. The molecule has 0 radical (unpaired) electrons. The summed E-state index contributed by atoms with van der Waals surface area (Å²) in [5.74, 6) is 0.879. The number of unbranched alkanes of at least 4 members (excludes halogenated alkanes) is 1. The summed E-state index contributed by atoms with van der Waals surface area (Å²) in [7, 11) is 1.73. The highest BCUT2D eigenvalue weighted by Crippen LogP contribution is 2.17. The number of rotatable bonds is 10. The second kappa shape index (κ2) is 12.0. The van der Waals surface area contributed by atoms with Crippen LogP contribution in [0.15, 0.2) is 29.3 Å². The largest absolute Gasteiger partial charge is 0.377 e. The molecule has 1 aliphatic rings. The summed E-state index contributed by atoms with van der Waals surface area (Å²) >= 11 is 0. The van der Waals surface area contributed by atoms with Gasteiger partial charge < -0.3 is 20.3 Å². The molecule has 1 aliphatic heterocycles. The zero-order valence-corrected chi connectivity index (χ0v) is 19.1. The number of hydrogen-bond donors (Lipinski definition) is 2. The number of aliphatic imine (C=N–C) groups is 1. The van der Waals surface area contributed by atoms with Gasteiger partial charge in [-0.2, -0.15) is 0 Å². The van der Waals surface area contributed by atoms with Crippen LogP contribution in [-0.4, -0.2) is 75.9 Å². The fourth-order valence-corrected chi connectivity index (χ4v) is 3.40. The van der Waals surface area contributed by atoms with Crippen LogP contribution in [0.1, 0.15) is 39.2 Å². The van der Waals surface area contributed by atoms with Crippen molar-refractivity contribution in [1.29, 1.82) is 0 Å². The van der Waals surface area contributed by atoms with Gasteiger partial charge in [-0.1, -0.05) is 12.1 Å². The predicted octanol–water partition coefficient (Wildman–Crippen LogP) is 2.88. The second-order valence-corrected chi connectivity index (χ2v) is 8.46. The maximum atomic E-state index is 5.45. The number of anilines is 1. The van der Waals surface area contributed by atoms with E-state index in [4.69, 9.17) is 4.74 Å². The molecule has 164 valence electrons. The van der Waals surface area contributed by atoms with Crippen LogP contribution in [0.2, 0.25) is 0 Å². The maximum absolute atomic E-state index is 5.45. The fraction of sp³-hybridized carbons (Fsp3) is 0.696. The topological polar surface area (TPSA) is 52.1 Å². The zero-order valence-electron chi connectivity index (χ0n) is 19.1. The number of methoxy groups -OCH3 is 1. The molecule has 1 aromatic rings. The third-order valence-corrected chi connectivity index (χ3v) is 5.45. The minimum atomic E-state index is -0.233. The van der Waals surface area contributed by atoms with Gasteiger partial charge in [0.25, 0.3) is 0 Å². The van der Waals surface area contributed by atoms with Gasteiger partial charge in [0.05, 0.1) is 12.1 Å². The molecule has 0 amide bonds. The van der Waals surface area contributed by atoms with Crippen LogP contribution < -0.4 is 15.5 Å². The molecule has 0 aromatic heterocycles. The summed E-state index contributed by atoms with van der Waals surface area (Å²) in [5, 5.41) is 6.76. The molecule has 0 aliphatic carbocycles. The third kappa shape index (κ3) is 8.62. The van der Waals surface area contributed by atoms with E-state index in [2.05, 4.69) is 77.4 Å². The van der Waals surface area contributed by atoms with Crippen LogP contribution in [0.5, 0.6) is 0 Å². The Labute approximate surface area is 177 Å². The molecule has 29 heavy (non-hydrogen) atoms. The van der Waals surface area contributed by atoms with Crippen LogP contribution in [0, 0.1) is 6.92 Å². The normalized spacial score (nSPS) is 16.2. The Morgan fingerprint density at radius 2 is 1.90 bits per heavy atom. The van der Waals surface area contributed by atoms with Crippen LogP contribution >= 0.6 is 0 Å². The number of aryl methyl sites for hydroxylation is 1. The van der Waals surface area contributed by atoms with Crippen molar-refractivity contribution in [3.05, 3.63) is 29.8 Å². The first kappa shape index (κ1) is 23.5. The van der Waals surface area contributed by atoms with E-state index in [1.54, 1.807) is 7.11 Å². The summed E-state index contributed by atoms with van der Waals surface area (Å²) < 4.78 is 5.45. The Kier molecular flexibility index (Phi) is 9.74. The highest BCUT2D eigenvalue weighted by molar-refractivity contribution is 5.79. The number of hydrogen-bond acceptors (Lipinski definition) is 4. The summed E-state index contributed by atoms with van der Waals surface area (Å²) in [4.78, 5) is 9.74. The van der Waals surface area contributed by atoms with Gasteiger partial charge in [-0.3, -0.25) is 9.89 Å². The monoisotopic (exact) mass is 403 g/mol. The summed E-state index contributed by atoms with van der Waals surface area (Å²) in [6.07, 6.45) is 2.36. The van der Waals surface area contributed by atoms with Crippen molar-refractivity contribution in [3.8, 4) is 0 Å². The molecule has 0 saturated carbocycles. The number of ether oxygens (including phenoxy) is 1. The average Bonchev–Trinajstić information content (AvgIpc) is 2.72. The number of guanidine groups is 1. The third-order valence-electron chi connectivity index (χ3n) is 5.45. The van der Waals surface area contributed by atoms with Gasteiger partial charge in [0.1, 0.15) is 0 Å². The van der Waals surface area contributed by atoms with E-state index < -0.39 is 0 Å². The molecule has 6 nitrogen and oxygen atoms in total. The smallest absolute Gasteiger partial charge is 0.191 e. The van der Waals surface area contributed by atoms with Crippen molar-refractivity contribution in [2.75, 3.05) is 64.4 Å². The Hall–Kier alpha value is -1.79. The van der Waals surface area contributed by atoms with Gasteiger partial charge in [-0.15, -0.1) is 0 Å². The minimum absolute atomic E-state index is 0.233. The highest BCUT2D eigenvalue weighted by atomic mass is 16.5. The Balaban J connectivity index is 1.63. The summed E-state index contributed by atoms with van der Waals surface area (Å²) in [5.41, 5.74) is 2.47. The first-order valence-electron chi connectivity index (χ1n) is 11.0. The van der Waals surface area contributed by atoms with E-state index in [0.717, 1.165) is 51.6 Å². The van der Waals surface area contributed by atoms with Gasteiger partial charge in [0.2, 0.25) is 0 Å². The SMILES string of the molecule is CCNC(=NCC(C)(C)OC)NCCCCN1CCN(c2cccc(C)c2)CC1. The van der Waals surface area contributed by atoms with Crippen LogP contribution in [-0.2, 0) is 4.74 Å². The minimum Gasteiger partial charge on any atom is -0.377 e. The lowest BCUT2D eigenvalue weighted by atomic mass is 10.1. The Morgan fingerprint density at radius 1 is 1.14 bits per heavy atom. The molecule has 0 spiro atoms. The van der Waals surface area contributed by atoms with E-state index in [1.807, 2.05) is 0 Å². The van der Waals surface area contributed by atoms with Gasteiger partial charge in [0.15, 0.2) is 5.96 Å². The molecular weight excluding hydrogens is 362 g/mol. The lowest BCUT2D eigenvalue weighted by Gasteiger charge is -2.36. The molecule has 6 heteroatoms. The first-order chi connectivity index (χ1) is 13.9. The van der Waals surface area contributed by atoms with Crippen molar-refractivity contribution >= 4 is 11.6 Å². The van der Waals surface area contributed by atoms with Crippen molar-refractivity contribution in [2.45, 2.75) is 46.1 Å². The van der Waals surface area contributed by atoms with Gasteiger partial charge in [0, 0.05) is 52.1 Å². The predicted molar refractivity (Wildman–Crippen MR) is 124 cm³/mol. The van der Waals surface area contributed by atoms with Crippen LogP contribution in [0.3, 0.4) is 0 Å². The number of nitrogens with one attached hydrogen (secondary N) is 2. The van der Waals surface area contributed by atoms with Crippen LogP contribution in [0.4, 0.5) is 5.69 Å². The molecule has 1 aromatic carbocycles. The molecule has 2 rings (SSSR count). The first-order valence-corrected chi connectivity index (χ1v) is 11.0. The van der Waals surface area contributed by atoms with E-state index in [1.165, 1.54) is 24.2 Å². The average molecular weight is 404 g/mol. The zero-order chi connectivity index (χ0) is 21.1. The number of nitrogens with zero attached hydrogens (tertiary/aromatic N) is 3. The van der Waals surface area contributed by atoms with E-state index >= 15 is 0 Å². The van der Waals surface area contributed by atoms with E-state index in [0.29, 0.717) is 6.54 Å². The van der Waals surface area contributed by atoms with Gasteiger partial charge in [-0.05, 0) is 64.8 Å². The number of piperazine rings is 1. The molecule has 2 N–H and O–H groups in total. The summed E-state index contributed by atoms with van der Waals surface area (Å²) in [6.45, 7) is 16.5. The molecule has 0 atom stereocenters. The van der Waals surface area contributed by atoms with E-state index in [9.17, 15) is 0 Å². The fourth-order valence-electron chi connectivity index (χ4n) is 3.40. The summed E-state index contributed by atoms with van der Waals surface area (Å²) in [6, 6.07) is 8.84. The van der Waals surface area contributed by atoms with Crippen molar-refractivity contribution in [1.82, 2.24) is 15.5 Å². The standard InChI is InChI=1S/C23H41N5O/c1-6-24-22(26-19-23(3,4)29-5)25-12-7-8-13-27-14-16-28(17-15-27)21-11-9-10-20(2)18-21/h9-11,18H,6-8,12-17,19H2,1-5H3,(H2,24,25,26). The van der Waals surface area contributed by atoms with Crippen molar-refractivity contribution in [2.24, 2.45) is 4.99 Å². The molecule has 0 unspecified atom stereocenters. The van der Waals surface area contributed by atoms with Gasteiger partial charge in [-0.25, -0.2) is 0 Å². The Morgan fingerprint density at radius 3 is 2.55 bits per heavy atom. The lowest BCUT2D eigenvalue weighted by Crippen LogP contribution is -2.46. The lowest BCUT2D eigenvalue weighted by molar-refractivity contribution is 0.0310. The molecule has 1 saturated heterocycles. The van der Waals surface area contributed by atoms with E-state index in [-0.39, 0.29) is 5.60 Å². The second-order valence-electron chi connectivity index (χ2n) is 8.46. The molecule has 0 bridgehead atoms. The molecule has 1 fully saturated rings. The molecular formula is C23H41N5O. The highest BCUT2D eigenvalue weighted by Gasteiger charge is 2.17. The maximum Gasteiger partial charge on any atom is 0.191 e. The quantitative estimate of drug-likeness (QED) is 0.357. The van der Waals surface area contributed by atoms with Crippen LogP contribution in [0.25, 0.3) is 0 Å². The Bertz CT molecular complexity index is 623. The van der Waals surface area contributed by atoms with Crippen molar-refractivity contribution < 1.29 is 4.74 Å². The number of benzene rings is 1.